The summed E-state index contributed by atoms with van der Waals surface area (Å²) in [5.74, 6) is 1.04. The van der Waals surface area contributed by atoms with Gasteiger partial charge in [-0.3, -0.25) is 0 Å². The molecule has 90 valence electrons. The lowest BCUT2D eigenvalue weighted by atomic mass is 9.81. The van der Waals surface area contributed by atoms with Gasteiger partial charge in [0.2, 0.25) is 0 Å². The maximum atomic E-state index is 3.36. The second-order valence-corrected chi connectivity index (χ2v) is 5.37. The minimum Gasteiger partial charge on any atom is -0.316 e. The average molecular weight is 212 g/mol. The molecule has 0 spiro atoms. The SMILES string of the molecule is CC.CN(CCC1(C)CNC1)CC1CC1. The largest absolute Gasteiger partial charge is 0.316 e. The van der Waals surface area contributed by atoms with Crippen LogP contribution in [-0.2, 0) is 0 Å². The minimum absolute atomic E-state index is 0.609. The minimum atomic E-state index is 0.609. The fourth-order valence-electron chi connectivity index (χ4n) is 2.02. The van der Waals surface area contributed by atoms with Gasteiger partial charge in [-0.25, -0.2) is 0 Å². The number of hydrogen-bond donors (Lipinski definition) is 1. The Morgan fingerprint density at radius 2 is 1.87 bits per heavy atom. The molecule has 2 fully saturated rings. The van der Waals surface area contributed by atoms with Gasteiger partial charge in [0.15, 0.2) is 0 Å². The van der Waals surface area contributed by atoms with Gasteiger partial charge in [0.25, 0.3) is 0 Å². The molecule has 0 aromatic heterocycles. The normalized spacial score (nSPS) is 23.0. The maximum Gasteiger partial charge on any atom is 0.00180 e. The van der Waals surface area contributed by atoms with Crippen LogP contribution in [-0.4, -0.2) is 38.1 Å². The summed E-state index contributed by atoms with van der Waals surface area (Å²) < 4.78 is 0. The predicted octanol–water partition coefficient (Wildman–Crippen LogP) is 2.35. The van der Waals surface area contributed by atoms with Gasteiger partial charge in [-0.15, -0.1) is 0 Å². The summed E-state index contributed by atoms with van der Waals surface area (Å²) in [5, 5.41) is 3.36. The Bertz CT molecular complexity index is 171. The zero-order valence-electron chi connectivity index (χ0n) is 11.0. The lowest BCUT2D eigenvalue weighted by molar-refractivity contribution is 0.152. The van der Waals surface area contributed by atoms with Crippen LogP contribution >= 0.6 is 0 Å². The standard InChI is InChI=1S/C11H22N2.C2H6/c1-11(8-12-9-11)5-6-13(2)7-10-3-4-10;1-2/h10,12H,3-9H2,1-2H3;1-2H3. The van der Waals surface area contributed by atoms with E-state index in [0.717, 1.165) is 5.92 Å². The van der Waals surface area contributed by atoms with Crippen LogP contribution in [0.3, 0.4) is 0 Å². The third-order valence-corrected chi connectivity index (χ3v) is 3.47. The van der Waals surface area contributed by atoms with Crippen LogP contribution in [0.5, 0.6) is 0 Å². The quantitative estimate of drug-likeness (QED) is 0.752. The van der Waals surface area contributed by atoms with E-state index >= 15 is 0 Å². The highest BCUT2D eigenvalue weighted by Crippen LogP contribution is 2.30. The van der Waals surface area contributed by atoms with Crippen LogP contribution in [0.2, 0.25) is 0 Å². The van der Waals surface area contributed by atoms with E-state index in [9.17, 15) is 0 Å². The first-order valence-corrected chi connectivity index (χ1v) is 6.57. The van der Waals surface area contributed by atoms with Gasteiger partial charge < -0.3 is 10.2 Å². The molecule has 1 aliphatic heterocycles. The van der Waals surface area contributed by atoms with Crippen molar-refractivity contribution in [1.29, 1.82) is 0 Å². The van der Waals surface area contributed by atoms with Crippen molar-refractivity contribution in [2.45, 2.75) is 40.0 Å². The smallest absolute Gasteiger partial charge is 0.00180 e. The molecular weight excluding hydrogens is 184 g/mol. The molecular formula is C13H28N2. The van der Waals surface area contributed by atoms with E-state index in [1.54, 1.807) is 0 Å². The molecule has 0 aromatic rings. The number of rotatable bonds is 5. The molecule has 0 bridgehead atoms. The van der Waals surface area contributed by atoms with E-state index in [4.69, 9.17) is 0 Å². The van der Waals surface area contributed by atoms with Gasteiger partial charge in [-0.1, -0.05) is 20.8 Å². The highest BCUT2D eigenvalue weighted by atomic mass is 15.1. The van der Waals surface area contributed by atoms with Crippen LogP contribution in [0.4, 0.5) is 0 Å². The zero-order chi connectivity index (χ0) is 11.3. The third-order valence-electron chi connectivity index (χ3n) is 3.47. The van der Waals surface area contributed by atoms with Gasteiger partial charge in [-0.2, -0.15) is 0 Å². The summed E-state index contributed by atoms with van der Waals surface area (Å²) in [6.45, 7) is 11.5. The van der Waals surface area contributed by atoms with Crippen LogP contribution in [0, 0.1) is 11.3 Å². The van der Waals surface area contributed by atoms with Crippen molar-refractivity contribution in [2.75, 3.05) is 33.2 Å². The van der Waals surface area contributed by atoms with E-state index < -0.39 is 0 Å². The third kappa shape index (κ3) is 4.52. The molecule has 15 heavy (non-hydrogen) atoms. The van der Waals surface area contributed by atoms with E-state index in [0.29, 0.717) is 5.41 Å². The van der Waals surface area contributed by atoms with Gasteiger partial charge >= 0.3 is 0 Å². The molecule has 0 amide bonds. The maximum absolute atomic E-state index is 3.36. The molecule has 0 radical (unpaired) electrons. The monoisotopic (exact) mass is 212 g/mol. The summed E-state index contributed by atoms with van der Waals surface area (Å²) in [7, 11) is 2.27. The Hall–Kier alpha value is -0.0800. The molecule has 0 unspecified atom stereocenters. The van der Waals surface area contributed by atoms with E-state index in [1.165, 1.54) is 45.4 Å². The summed E-state index contributed by atoms with van der Waals surface area (Å²) in [4.78, 5) is 2.52. The Labute approximate surface area is 95.4 Å². The predicted molar refractivity (Wildman–Crippen MR) is 67.2 cm³/mol. The number of hydrogen-bond acceptors (Lipinski definition) is 2. The van der Waals surface area contributed by atoms with Crippen molar-refractivity contribution >= 4 is 0 Å². The van der Waals surface area contributed by atoms with E-state index in [2.05, 4.69) is 24.2 Å². The highest BCUT2D eigenvalue weighted by molar-refractivity contribution is 4.88. The van der Waals surface area contributed by atoms with Crippen LogP contribution in [0.15, 0.2) is 0 Å². The van der Waals surface area contributed by atoms with Gasteiger partial charge in [0.05, 0.1) is 0 Å². The van der Waals surface area contributed by atoms with Crippen LogP contribution in [0.25, 0.3) is 0 Å². The molecule has 1 aliphatic carbocycles. The molecule has 0 atom stereocenters. The molecule has 1 saturated heterocycles. The number of nitrogens with zero attached hydrogens (tertiary/aromatic N) is 1. The second kappa shape index (κ2) is 5.86. The van der Waals surface area contributed by atoms with Crippen molar-refractivity contribution in [3.63, 3.8) is 0 Å². The summed E-state index contributed by atoms with van der Waals surface area (Å²) in [6, 6.07) is 0. The first-order valence-electron chi connectivity index (χ1n) is 6.57. The van der Waals surface area contributed by atoms with E-state index in [-0.39, 0.29) is 0 Å². The Morgan fingerprint density at radius 1 is 1.27 bits per heavy atom. The van der Waals surface area contributed by atoms with Crippen LogP contribution in [0.1, 0.15) is 40.0 Å². The second-order valence-electron chi connectivity index (χ2n) is 5.37. The highest BCUT2D eigenvalue weighted by Gasteiger charge is 2.31. The molecule has 1 N–H and O–H groups in total. The molecule has 1 saturated carbocycles. The van der Waals surface area contributed by atoms with Crippen molar-refractivity contribution < 1.29 is 0 Å². The summed E-state index contributed by atoms with van der Waals surface area (Å²) in [5.41, 5.74) is 0.609. The van der Waals surface area contributed by atoms with Gasteiger partial charge in [-0.05, 0) is 44.2 Å². The fourth-order valence-corrected chi connectivity index (χ4v) is 2.02. The molecule has 0 aromatic carbocycles. The zero-order valence-corrected chi connectivity index (χ0v) is 11.0. The molecule has 1 heterocycles. The Kier molecular flexibility index (Phi) is 5.07. The molecule has 2 rings (SSSR count). The number of nitrogens with one attached hydrogen (secondary N) is 1. The van der Waals surface area contributed by atoms with Crippen LogP contribution < -0.4 is 5.32 Å². The Balaban J connectivity index is 0.000000531. The fraction of sp³-hybridized carbons (Fsp3) is 1.00. The van der Waals surface area contributed by atoms with Gasteiger partial charge in [0.1, 0.15) is 0 Å². The van der Waals surface area contributed by atoms with Crippen molar-refractivity contribution in [3.05, 3.63) is 0 Å². The lowest BCUT2D eigenvalue weighted by Crippen LogP contribution is -2.52. The molecule has 2 nitrogen and oxygen atoms in total. The van der Waals surface area contributed by atoms with Crippen molar-refractivity contribution in [2.24, 2.45) is 11.3 Å². The summed E-state index contributed by atoms with van der Waals surface area (Å²) in [6.07, 6.45) is 4.32. The molecule has 2 heteroatoms. The van der Waals surface area contributed by atoms with Crippen molar-refractivity contribution in [1.82, 2.24) is 10.2 Å². The Morgan fingerprint density at radius 3 is 2.27 bits per heavy atom. The topological polar surface area (TPSA) is 15.3 Å². The molecule has 2 aliphatic rings. The lowest BCUT2D eigenvalue weighted by Gasteiger charge is -2.40. The first kappa shape index (κ1) is 13.0. The van der Waals surface area contributed by atoms with Gasteiger partial charge in [0, 0.05) is 19.6 Å². The van der Waals surface area contributed by atoms with Crippen molar-refractivity contribution in [3.8, 4) is 0 Å². The summed E-state index contributed by atoms with van der Waals surface area (Å²) >= 11 is 0. The first-order chi connectivity index (χ1) is 7.18. The average Bonchev–Trinajstić information content (AvgIpc) is 2.99. The van der Waals surface area contributed by atoms with E-state index in [1.807, 2.05) is 13.8 Å².